The third kappa shape index (κ3) is 3.28. The van der Waals surface area contributed by atoms with Crippen LogP contribution in [-0.4, -0.2) is 21.4 Å². The van der Waals surface area contributed by atoms with Crippen molar-refractivity contribution in [1.82, 2.24) is 9.97 Å². The molecule has 2 N–H and O–H groups in total. The van der Waals surface area contributed by atoms with Crippen molar-refractivity contribution in [2.45, 2.75) is 12.8 Å². The molecule has 0 aliphatic heterocycles. The molecule has 0 saturated heterocycles. The van der Waals surface area contributed by atoms with Gasteiger partial charge >= 0.3 is 0 Å². The summed E-state index contributed by atoms with van der Waals surface area (Å²) in [4.78, 5) is 16.6. The Bertz CT molecular complexity index is 587. The standard InChI is InChI=1S/C12H12F2N4O2/c13-12(14)10-5-9(18(19)20)1-2-11(10)16-4-3-8-6-15-7-17-8/h1-2,5-7,12,16H,3-4H2,(H,15,17). The molecule has 0 radical (unpaired) electrons. The maximum atomic E-state index is 12.9. The molecule has 106 valence electrons. The molecule has 2 aromatic rings. The Hall–Kier alpha value is -2.51. The monoisotopic (exact) mass is 282 g/mol. The molecule has 0 saturated carbocycles. The van der Waals surface area contributed by atoms with Crippen LogP contribution < -0.4 is 5.32 Å². The number of anilines is 1. The lowest BCUT2D eigenvalue weighted by molar-refractivity contribution is -0.385. The van der Waals surface area contributed by atoms with E-state index in [9.17, 15) is 18.9 Å². The minimum atomic E-state index is -2.77. The summed E-state index contributed by atoms with van der Waals surface area (Å²) < 4.78 is 25.8. The lowest BCUT2D eigenvalue weighted by Crippen LogP contribution is -2.07. The highest BCUT2D eigenvalue weighted by Crippen LogP contribution is 2.30. The largest absolute Gasteiger partial charge is 0.384 e. The average molecular weight is 282 g/mol. The number of aromatic nitrogens is 2. The fraction of sp³-hybridized carbons (Fsp3) is 0.250. The number of hydrogen-bond acceptors (Lipinski definition) is 4. The summed E-state index contributed by atoms with van der Waals surface area (Å²) in [5.74, 6) is 0. The van der Waals surface area contributed by atoms with Crippen LogP contribution in [0.25, 0.3) is 0 Å². The van der Waals surface area contributed by atoms with Gasteiger partial charge in [-0.05, 0) is 6.07 Å². The number of hydrogen-bond donors (Lipinski definition) is 2. The fourth-order valence-corrected chi connectivity index (χ4v) is 1.76. The minimum absolute atomic E-state index is 0.199. The van der Waals surface area contributed by atoms with E-state index in [1.807, 2.05) is 0 Å². The first kappa shape index (κ1) is 13.9. The number of non-ortho nitro benzene ring substituents is 1. The maximum Gasteiger partial charge on any atom is 0.270 e. The number of halogens is 2. The van der Waals surface area contributed by atoms with Crippen LogP contribution in [0.3, 0.4) is 0 Å². The molecule has 1 aromatic carbocycles. The smallest absolute Gasteiger partial charge is 0.270 e. The van der Waals surface area contributed by atoms with Gasteiger partial charge in [0.2, 0.25) is 0 Å². The summed E-state index contributed by atoms with van der Waals surface area (Å²) in [7, 11) is 0. The fourth-order valence-electron chi connectivity index (χ4n) is 1.76. The molecular formula is C12H12F2N4O2. The number of rotatable bonds is 6. The second-order valence-corrected chi connectivity index (χ2v) is 4.08. The molecule has 0 unspecified atom stereocenters. The number of benzene rings is 1. The topological polar surface area (TPSA) is 83.8 Å². The number of aromatic amines is 1. The van der Waals surface area contributed by atoms with Crippen molar-refractivity contribution in [2.75, 3.05) is 11.9 Å². The number of alkyl halides is 2. The van der Waals surface area contributed by atoms with E-state index in [0.717, 1.165) is 11.8 Å². The highest BCUT2D eigenvalue weighted by atomic mass is 19.3. The Labute approximate surface area is 113 Å². The van der Waals surface area contributed by atoms with E-state index < -0.39 is 11.3 Å². The highest BCUT2D eigenvalue weighted by molar-refractivity contribution is 5.56. The van der Waals surface area contributed by atoms with Gasteiger partial charge < -0.3 is 10.3 Å². The Balaban J connectivity index is 2.08. The molecule has 0 aliphatic carbocycles. The number of imidazole rings is 1. The number of nitro groups is 1. The molecule has 0 bridgehead atoms. The molecule has 20 heavy (non-hydrogen) atoms. The van der Waals surface area contributed by atoms with E-state index in [4.69, 9.17) is 0 Å². The quantitative estimate of drug-likeness (QED) is 0.630. The SMILES string of the molecule is O=[N+]([O-])c1ccc(NCCc2cnc[nH]2)c(C(F)F)c1. The molecule has 8 heteroatoms. The summed E-state index contributed by atoms with van der Waals surface area (Å²) in [6.07, 6.45) is 0.987. The number of nitrogens with one attached hydrogen (secondary N) is 2. The van der Waals surface area contributed by atoms with Crippen molar-refractivity contribution in [3.8, 4) is 0 Å². The predicted octanol–water partition coefficient (Wildman–Crippen LogP) is 2.91. The third-order valence-corrected chi connectivity index (χ3v) is 2.75. The molecule has 1 aromatic heterocycles. The lowest BCUT2D eigenvalue weighted by Gasteiger charge is -2.11. The van der Waals surface area contributed by atoms with E-state index in [1.165, 1.54) is 18.5 Å². The summed E-state index contributed by atoms with van der Waals surface area (Å²) >= 11 is 0. The Morgan fingerprint density at radius 3 is 2.85 bits per heavy atom. The van der Waals surface area contributed by atoms with Crippen LogP contribution >= 0.6 is 0 Å². The summed E-state index contributed by atoms with van der Waals surface area (Å²) in [5.41, 5.74) is 0.353. The minimum Gasteiger partial charge on any atom is -0.384 e. The first-order chi connectivity index (χ1) is 9.58. The van der Waals surface area contributed by atoms with E-state index in [1.54, 1.807) is 6.20 Å². The Morgan fingerprint density at radius 2 is 2.25 bits per heavy atom. The van der Waals surface area contributed by atoms with Crippen LogP contribution in [0.15, 0.2) is 30.7 Å². The van der Waals surface area contributed by atoms with Gasteiger partial charge in [0.1, 0.15) is 0 Å². The van der Waals surface area contributed by atoms with Gasteiger partial charge in [-0.2, -0.15) is 0 Å². The van der Waals surface area contributed by atoms with E-state index >= 15 is 0 Å². The van der Waals surface area contributed by atoms with Crippen molar-refractivity contribution in [3.63, 3.8) is 0 Å². The number of nitrogens with zero attached hydrogens (tertiary/aromatic N) is 2. The second kappa shape index (κ2) is 6.09. The highest BCUT2D eigenvalue weighted by Gasteiger charge is 2.17. The molecular weight excluding hydrogens is 270 g/mol. The summed E-state index contributed by atoms with van der Waals surface area (Å²) in [5, 5.41) is 13.4. The normalized spacial score (nSPS) is 10.8. The van der Waals surface area contributed by atoms with Gasteiger partial charge in [0.05, 0.1) is 11.3 Å². The van der Waals surface area contributed by atoms with Gasteiger partial charge in [-0.25, -0.2) is 13.8 Å². The summed E-state index contributed by atoms with van der Waals surface area (Å²) in [6, 6.07) is 3.39. The molecule has 0 amide bonds. The first-order valence-corrected chi connectivity index (χ1v) is 5.85. The zero-order valence-electron chi connectivity index (χ0n) is 10.3. The molecule has 2 rings (SSSR count). The number of H-pyrrole nitrogens is 1. The van der Waals surface area contributed by atoms with Gasteiger partial charge in [0, 0.05) is 48.2 Å². The Morgan fingerprint density at radius 1 is 1.45 bits per heavy atom. The molecule has 0 atom stereocenters. The lowest BCUT2D eigenvalue weighted by atomic mass is 10.1. The first-order valence-electron chi connectivity index (χ1n) is 5.85. The van der Waals surface area contributed by atoms with E-state index in [2.05, 4.69) is 15.3 Å². The zero-order chi connectivity index (χ0) is 14.5. The van der Waals surface area contributed by atoms with Crippen LogP contribution in [0.2, 0.25) is 0 Å². The van der Waals surface area contributed by atoms with Crippen LogP contribution in [-0.2, 0) is 6.42 Å². The summed E-state index contributed by atoms with van der Waals surface area (Å²) in [6.45, 7) is 0.416. The van der Waals surface area contributed by atoms with Crippen LogP contribution in [0, 0.1) is 10.1 Å². The molecule has 0 aliphatic rings. The van der Waals surface area contributed by atoms with Crippen LogP contribution in [0.1, 0.15) is 17.7 Å². The van der Waals surface area contributed by atoms with Gasteiger partial charge in [-0.15, -0.1) is 0 Å². The number of nitro benzene ring substituents is 1. The average Bonchev–Trinajstić information content (AvgIpc) is 2.91. The molecule has 0 spiro atoms. The van der Waals surface area contributed by atoms with Crippen molar-refractivity contribution in [3.05, 3.63) is 52.1 Å². The van der Waals surface area contributed by atoms with Gasteiger partial charge in [0.15, 0.2) is 0 Å². The molecule has 6 nitrogen and oxygen atoms in total. The molecule has 0 fully saturated rings. The van der Waals surface area contributed by atoms with Gasteiger partial charge in [-0.3, -0.25) is 10.1 Å². The predicted molar refractivity (Wildman–Crippen MR) is 68.8 cm³/mol. The van der Waals surface area contributed by atoms with Crippen LogP contribution in [0.4, 0.5) is 20.2 Å². The van der Waals surface area contributed by atoms with Crippen molar-refractivity contribution < 1.29 is 13.7 Å². The molecule has 1 heterocycles. The van der Waals surface area contributed by atoms with Gasteiger partial charge in [-0.1, -0.05) is 0 Å². The Kier molecular flexibility index (Phi) is 4.24. The zero-order valence-corrected chi connectivity index (χ0v) is 10.3. The third-order valence-electron chi connectivity index (χ3n) is 2.75. The maximum absolute atomic E-state index is 12.9. The van der Waals surface area contributed by atoms with E-state index in [0.29, 0.717) is 13.0 Å². The van der Waals surface area contributed by atoms with Gasteiger partial charge in [0.25, 0.3) is 12.1 Å². The van der Waals surface area contributed by atoms with E-state index in [-0.39, 0.29) is 16.9 Å². The van der Waals surface area contributed by atoms with Crippen molar-refractivity contribution >= 4 is 11.4 Å². The second-order valence-electron chi connectivity index (χ2n) is 4.08. The van der Waals surface area contributed by atoms with Crippen LogP contribution in [0.5, 0.6) is 0 Å². The van der Waals surface area contributed by atoms with Crippen molar-refractivity contribution in [1.29, 1.82) is 0 Å². The van der Waals surface area contributed by atoms with Crippen molar-refractivity contribution in [2.24, 2.45) is 0 Å².